The molecule has 4 aromatic carbocycles. The van der Waals surface area contributed by atoms with Crippen LogP contribution in [0.1, 0.15) is 31.8 Å². The molecular weight excluding hydrogens is 484 g/mol. The molecule has 0 heterocycles. The number of hydrogen-bond donors (Lipinski definition) is 4. The lowest BCUT2D eigenvalue weighted by Gasteiger charge is -2.14. The van der Waals surface area contributed by atoms with Crippen molar-refractivity contribution in [2.24, 2.45) is 5.73 Å². The van der Waals surface area contributed by atoms with Crippen LogP contribution in [0.3, 0.4) is 0 Å². The topological polar surface area (TPSA) is 113 Å². The molecule has 0 radical (unpaired) electrons. The van der Waals surface area contributed by atoms with Crippen LogP contribution in [-0.4, -0.2) is 17.8 Å². The summed E-state index contributed by atoms with van der Waals surface area (Å²) in [7, 11) is 0. The Labute approximate surface area is 219 Å². The van der Waals surface area contributed by atoms with E-state index in [1.165, 1.54) is 11.8 Å². The summed E-state index contributed by atoms with van der Waals surface area (Å²) in [6, 6.07) is 30.2. The predicted octanol–water partition coefficient (Wildman–Crippen LogP) is 5.19. The minimum atomic E-state index is -0.695. The molecule has 37 heavy (non-hydrogen) atoms. The van der Waals surface area contributed by atoms with Crippen LogP contribution in [0, 0.1) is 0 Å². The van der Waals surface area contributed by atoms with Gasteiger partial charge in [0.25, 0.3) is 11.8 Å². The first-order chi connectivity index (χ1) is 18.0. The smallest absolute Gasteiger partial charge is 0.326 e. The van der Waals surface area contributed by atoms with Crippen molar-refractivity contribution in [1.29, 1.82) is 0 Å². The second-order valence-electron chi connectivity index (χ2n) is 8.11. The van der Waals surface area contributed by atoms with Crippen molar-refractivity contribution in [3.8, 4) is 0 Å². The van der Waals surface area contributed by atoms with Gasteiger partial charge in [0.1, 0.15) is 0 Å². The van der Waals surface area contributed by atoms with Gasteiger partial charge < -0.3 is 16.4 Å². The molecular formula is C29H26N4O3S. The summed E-state index contributed by atoms with van der Waals surface area (Å²) >= 11 is 1.44. The lowest BCUT2D eigenvalue weighted by atomic mass is 10.1. The van der Waals surface area contributed by atoms with Gasteiger partial charge in [-0.1, -0.05) is 72.4 Å². The Bertz CT molecular complexity index is 1390. The molecule has 0 bridgehead atoms. The largest absolute Gasteiger partial charge is 0.348 e. The summed E-state index contributed by atoms with van der Waals surface area (Å²) in [6.07, 6.45) is 0. The Morgan fingerprint density at radius 1 is 0.703 bits per heavy atom. The molecule has 4 aromatic rings. The van der Waals surface area contributed by atoms with E-state index < -0.39 is 11.9 Å². The van der Waals surface area contributed by atoms with E-state index in [1.807, 2.05) is 54.6 Å². The van der Waals surface area contributed by atoms with E-state index in [9.17, 15) is 14.4 Å². The number of imide groups is 1. The van der Waals surface area contributed by atoms with Gasteiger partial charge in [-0.3, -0.25) is 14.9 Å². The number of nitrogens with one attached hydrogen (secondary N) is 3. The summed E-state index contributed by atoms with van der Waals surface area (Å²) in [4.78, 5) is 39.7. The van der Waals surface area contributed by atoms with Crippen molar-refractivity contribution < 1.29 is 14.4 Å². The van der Waals surface area contributed by atoms with Gasteiger partial charge in [0.05, 0.1) is 5.69 Å². The Morgan fingerprint density at radius 2 is 1.41 bits per heavy atom. The van der Waals surface area contributed by atoms with Gasteiger partial charge in [-0.15, -0.1) is 0 Å². The highest BCUT2D eigenvalue weighted by atomic mass is 32.2. The maximum atomic E-state index is 12.9. The van der Waals surface area contributed by atoms with Gasteiger partial charge in [0.15, 0.2) is 0 Å². The number of carbonyl (C=O) groups excluding carboxylic acids is 3. The summed E-state index contributed by atoms with van der Waals surface area (Å²) < 4.78 is 0. The van der Waals surface area contributed by atoms with Crippen LogP contribution in [0.4, 0.5) is 10.5 Å². The van der Waals surface area contributed by atoms with E-state index in [0.717, 1.165) is 20.9 Å². The van der Waals surface area contributed by atoms with Gasteiger partial charge in [-0.25, -0.2) is 4.79 Å². The van der Waals surface area contributed by atoms with Gasteiger partial charge in [-0.2, -0.15) is 0 Å². The molecule has 0 saturated heterocycles. The van der Waals surface area contributed by atoms with Crippen LogP contribution in [0.2, 0.25) is 0 Å². The molecule has 4 amide bonds. The van der Waals surface area contributed by atoms with Crippen molar-refractivity contribution in [2.45, 2.75) is 22.9 Å². The molecule has 8 heteroatoms. The second-order valence-corrected chi connectivity index (χ2v) is 9.22. The molecule has 0 aromatic heterocycles. The van der Waals surface area contributed by atoms with Gasteiger partial charge in [0.2, 0.25) is 0 Å². The Hall–Kier alpha value is -4.40. The van der Waals surface area contributed by atoms with Crippen molar-refractivity contribution in [1.82, 2.24) is 10.6 Å². The summed E-state index contributed by atoms with van der Waals surface area (Å²) in [5.74, 6) is -0.817. The molecule has 0 fully saturated rings. The third kappa shape index (κ3) is 7.30. The highest BCUT2D eigenvalue weighted by Gasteiger charge is 2.15. The van der Waals surface area contributed by atoms with E-state index in [4.69, 9.17) is 5.73 Å². The van der Waals surface area contributed by atoms with Crippen LogP contribution in [0.5, 0.6) is 0 Å². The van der Waals surface area contributed by atoms with E-state index in [-0.39, 0.29) is 5.91 Å². The van der Waals surface area contributed by atoms with Crippen molar-refractivity contribution in [3.63, 3.8) is 0 Å². The Morgan fingerprint density at radius 3 is 2.14 bits per heavy atom. The molecule has 0 aliphatic rings. The average Bonchev–Trinajstić information content (AvgIpc) is 2.93. The lowest BCUT2D eigenvalue weighted by molar-refractivity contribution is 0.0946. The molecule has 4 rings (SSSR count). The van der Waals surface area contributed by atoms with Crippen molar-refractivity contribution >= 4 is 35.3 Å². The van der Waals surface area contributed by atoms with Crippen LogP contribution in [0.15, 0.2) is 113 Å². The van der Waals surface area contributed by atoms with Crippen LogP contribution in [0.25, 0.3) is 0 Å². The summed E-state index contributed by atoms with van der Waals surface area (Å²) in [5.41, 5.74) is 8.77. The number of benzene rings is 4. The Balaban J connectivity index is 1.51. The molecule has 0 aliphatic heterocycles. The van der Waals surface area contributed by atoms with Gasteiger partial charge in [0, 0.05) is 34.0 Å². The SMILES string of the molecule is NCc1cccc(CNC(=O)c2ccc(Sc3ccccc3)c(NC(=O)NC(=O)c3ccccc3)c2)c1. The van der Waals surface area contributed by atoms with E-state index >= 15 is 0 Å². The highest BCUT2D eigenvalue weighted by Crippen LogP contribution is 2.34. The fraction of sp³-hybridized carbons (Fsp3) is 0.0690. The summed E-state index contributed by atoms with van der Waals surface area (Å²) in [6.45, 7) is 0.758. The van der Waals surface area contributed by atoms with Crippen LogP contribution >= 0.6 is 11.8 Å². The predicted molar refractivity (Wildman–Crippen MR) is 145 cm³/mol. The molecule has 0 unspecified atom stereocenters. The van der Waals surface area contributed by atoms with Crippen LogP contribution < -0.4 is 21.7 Å². The fourth-order valence-corrected chi connectivity index (χ4v) is 4.45. The monoisotopic (exact) mass is 510 g/mol. The number of amides is 4. The first-order valence-corrected chi connectivity index (χ1v) is 12.4. The maximum absolute atomic E-state index is 12.9. The number of anilines is 1. The number of rotatable bonds is 8. The molecule has 0 atom stereocenters. The molecule has 0 aliphatic carbocycles. The van der Waals surface area contributed by atoms with Gasteiger partial charge in [-0.05, 0) is 53.6 Å². The molecule has 5 N–H and O–H groups in total. The van der Waals surface area contributed by atoms with Crippen LogP contribution in [-0.2, 0) is 13.1 Å². The minimum absolute atomic E-state index is 0.293. The first-order valence-electron chi connectivity index (χ1n) is 11.6. The minimum Gasteiger partial charge on any atom is -0.348 e. The quantitative estimate of drug-likeness (QED) is 0.261. The lowest BCUT2D eigenvalue weighted by Crippen LogP contribution is -2.34. The fourth-order valence-electron chi connectivity index (χ4n) is 3.54. The zero-order chi connectivity index (χ0) is 26.0. The first kappa shape index (κ1) is 25.7. The number of hydrogen-bond acceptors (Lipinski definition) is 5. The second kappa shape index (κ2) is 12.5. The maximum Gasteiger partial charge on any atom is 0.326 e. The highest BCUT2D eigenvalue weighted by molar-refractivity contribution is 7.99. The van der Waals surface area contributed by atoms with E-state index in [0.29, 0.717) is 29.9 Å². The molecule has 186 valence electrons. The number of carbonyl (C=O) groups is 3. The van der Waals surface area contributed by atoms with E-state index in [2.05, 4.69) is 16.0 Å². The zero-order valence-corrected chi connectivity index (χ0v) is 20.8. The standard InChI is InChI=1S/C29H26N4O3S/c30-18-20-8-7-9-21(16-20)19-31-27(34)23-14-15-26(37-24-12-5-2-6-13-24)25(17-23)32-29(36)33-28(35)22-10-3-1-4-11-22/h1-17H,18-19,30H2,(H,31,34)(H2,32,33,35,36). The number of urea groups is 1. The van der Waals surface area contributed by atoms with Gasteiger partial charge >= 0.3 is 6.03 Å². The zero-order valence-electron chi connectivity index (χ0n) is 19.9. The van der Waals surface area contributed by atoms with Crippen molar-refractivity contribution in [2.75, 3.05) is 5.32 Å². The molecule has 7 nitrogen and oxygen atoms in total. The third-order valence-electron chi connectivity index (χ3n) is 5.40. The number of nitrogens with two attached hydrogens (primary N) is 1. The third-order valence-corrected chi connectivity index (χ3v) is 6.49. The average molecular weight is 511 g/mol. The van der Waals surface area contributed by atoms with E-state index in [1.54, 1.807) is 48.5 Å². The summed E-state index contributed by atoms with van der Waals surface area (Å²) in [5, 5.41) is 7.96. The molecule has 0 saturated carbocycles. The normalized spacial score (nSPS) is 10.4. The van der Waals surface area contributed by atoms with Crippen molar-refractivity contribution in [3.05, 3.63) is 125 Å². The molecule has 0 spiro atoms. The Kier molecular flexibility index (Phi) is 8.70.